The number of hydrogen-bond donors (Lipinski definition) is 3. The monoisotopic (exact) mass is 483 g/mol. The second-order valence-electron chi connectivity index (χ2n) is 5.54. The van der Waals surface area contributed by atoms with Crippen LogP contribution in [0.15, 0.2) is 47.7 Å². The lowest BCUT2D eigenvalue weighted by Gasteiger charge is -2.12. The summed E-state index contributed by atoms with van der Waals surface area (Å²) in [7, 11) is 1.70. The first-order valence-electron chi connectivity index (χ1n) is 8.27. The number of guanidine groups is 1. The van der Waals surface area contributed by atoms with Crippen molar-refractivity contribution in [1.82, 2.24) is 20.9 Å². The summed E-state index contributed by atoms with van der Waals surface area (Å²) in [6.45, 7) is 1.88. The zero-order valence-electron chi connectivity index (χ0n) is 14.9. The number of pyridine rings is 1. The van der Waals surface area contributed by atoms with Crippen molar-refractivity contribution < 1.29 is 14.3 Å². The molecule has 0 radical (unpaired) electrons. The van der Waals surface area contributed by atoms with E-state index in [1.54, 1.807) is 25.4 Å². The molecule has 2 heterocycles. The molecule has 27 heavy (non-hydrogen) atoms. The van der Waals surface area contributed by atoms with Gasteiger partial charge in [0.1, 0.15) is 0 Å². The van der Waals surface area contributed by atoms with E-state index in [0.29, 0.717) is 31.2 Å². The summed E-state index contributed by atoms with van der Waals surface area (Å²) in [6.07, 6.45) is 3.17. The molecule has 0 spiro atoms. The summed E-state index contributed by atoms with van der Waals surface area (Å²) in [4.78, 5) is 20.0. The van der Waals surface area contributed by atoms with Gasteiger partial charge in [0.2, 0.25) is 6.79 Å². The van der Waals surface area contributed by atoms with E-state index in [9.17, 15) is 4.79 Å². The smallest absolute Gasteiger partial charge is 0.252 e. The van der Waals surface area contributed by atoms with E-state index < -0.39 is 0 Å². The molecule has 0 saturated carbocycles. The van der Waals surface area contributed by atoms with Gasteiger partial charge in [-0.05, 0) is 29.8 Å². The zero-order valence-corrected chi connectivity index (χ0v) is 17.2. The molecular weight excluding hydrogens is 461 g/mol. The fraction of sp³-hybridized carbons (Fsp3) is 0.278. The van der Waals surface area contributed by atoms with Gasteiger partial charge in [0.15, 0.2) is 17.5 Å². The number of aliphatic imine (C=N–C) groups is 1. The number of carbonyl (C=O) groups is 1. The molecule has 3 rings (SSSR count). The number of ether oxygens (including phenoxy) is 2. The Morgan fingerprint density at radius 3 is 2.74 bits per heavy atom. The standard InChI is InChI=1S/C18H21N5O3.HI/c1-19-18(22-8-7-21-17(24)14-3-2-6-20-11-14)23-10-13-4-5-15-16(9-13)26-12-25-15;/h2-6,9,11H,7-8,10,12H2,1H3,(H,21,24)(H2,19,22,23);1H. The summed E-state index contributed by atoms with van der Waals surface area (Å²) >= 11 is 0. The second-order valence-corrected chi connectivity index (χ2v) is 5.54. The first-order valence-corrected chi connectivity index (χ1v) is 8.27. The van der Waals surface area contributed by atoms with Crippen molar-refractivity contribution in [3.05, 3.63) is 53.9 Å². The van der Waals surface area contributed by atoms with E-state index in [2.05, 4.69) is 25.9 Å². The maximum Gasteiger partial charge on any atom is 0.252 e. The van der Waals surface area contributed by atoms with Gasteiger partial charge in [-0.3, -0.25) is 14.8 Å². The predicted molar refractivity (Wildman–Crippen MR) is 113 cm³/mol. The Kier molecular flexibility index (Phi) is 8.11. The Morgan fingerprint density at radius 1 is 1.15 bits per heavy atom. The molecule has 3 N–H and O–H groups in total. The topological polar surface area (TPSA) is 96.9 Å². The van der Waals surface area contributed by atoms with Crippen molar-refractivity contribution in [1.29, 1.82) is 0 Å². The number of aromatic nitrogens is 1. The van der Waals surface area contributed by atoms with Gasteiger partial charge in [-0.15, -0.1) is 24.0 Å². The van der Waals surface area contributed by atoms with E-state index in [1.165, 1.54) is 6.20 Å². The van der Waals surface area contributed by atoms with Crippen molar-refractivity contribution in [2.45, 2.75) is 6.54 Å². The van der Waals surface area contributed by atoms with Gasteiger partial charge >= 0.3 is 0 Å². The van der Waals surface area contributed by atoms with Crippen LogP contribution in [0.1, 0.15) is 15.9 Å². The maximum absolute atomic E-state index is 11.9. The van der Waals surface area contributed by atoms with Crippen LogP contribution in [0.25, 0.3) is 0 Å². The minimum absolute atomic E-state index is 0. The Hall–Kier alpha value is -2.56. The molecule has 1 aromatic heterocycles. The first-order chi connectivity index (χ1) is 12.8. The van der Waals surface area contributed by atoms with Gasteiger partial charge in [0, 0.05) is 39.1 Å². The fourth-order valence-electron chi connectivity index (χ4n) is 2.41. The summed E-state index contributed by atoms with van der Waals surface area (Å²) < 4.78 is 10.7. The minimum atomic E-state index is -0.150. The van der Waals surface area contributed by atoms with Crippen LogP contribution < -0.4 is 25.4 Å². The molecule has 0 atom stereocenters. The predicted octanol–water partition coefficient (Wildman–Crippen LogP) is 1.52. The molecule has 0 bridgehead atoms. The number of carbonyl (C=O) groups excluding carboxylic acids is 1. The van der Waals surface area contributed by atoms with Crippen LogP contribution in [-0.2, 0) is 6.54 Å². The van der Waals surface area contributed by atoms with E-state index in [0.717, 1.165) is 17.1 Å². The molecule has 1 aliphatic heterocycles. The van der Waals surface area contributed by atoms with Crippen LogP contribution in [0.3, 0.4) is 0 Å². The van der Waals surface area contributed by atoms with Gasteiger partial charge in [-0.1, -0.05) is 6.07 Å². The number of benzene rings is 1. The number of nitrogens with zero attached hydrogens (tertiary/aromatic N) is 2. The van der Waals surface area contributed by atoms with Crippen LogP contribution in [0, 0.1) is 0 Å². The highest BCUT2D eigenvalue weighted by Gasteiger charge is 2.13. The van der Waals surface area contributed by atoms with E-state index in [1.807, 2.05) is 18.2 Å². The number of rotatable bonds is 6. The SMILES string of the molecule is CN=C(NCCNC(=O)c1cccnc1)NCc1ccc2c(c1)OCO2.I. The van der Waals surface area contributed by atoms with Crippen LogP contribution in [-0.4, -0.2) is 43.8 Å². The van der Waals surface area contributed by atoms with Crippen molar-refractivity contribution in [2.24, 2.45) is 4.99 Å². The Morgan fingerprint density at radius 2 is 1.96 bits per heavy atom. The lowest BCUT2D eigenvalue weighted by Crippen LogP contribution is -2.41. The van der Waals surface area contributed by atoms with E-state index >= 15 is 0 Å². The van der Waals surface area contributed by atoms with Gasteiger partial charge < -0.3 is 25.4 Å². The minimum Gasteiger partial charge on any atom is -0.454 e. The largest absolute Gasteiger partial charge is 0.454 e. The molecule has 1 aromatic carbocycles. The summed E-state index contributed by atoms with van der Waals surface area (Å²) in [5, 5.41) is 9.19. The highest BCUT2D eigenvalue weighted by atomic mass is 127. The molecule has 9 heteroatoms. The van der Waals surface area contributed by atoms with Gasteiger partial charge in [-0.25, -0.2) is 0 Å². The zero-order chi connectivity index (χ0) is 18.2. The third-order valence-electron chi connectivity index (χ3n) is 3.75. The van der Waals surface area contributed by atoms with Crippen LogP contribution in [0.2, 0.25) is 0 Å². The molecule has 144 valence electrons. The summed E-state index contributed by atoms with van der Waals surface area (Å²) in [5.41, 5.74) is 1.60. The number of fused-ring (bicyclic) bond motifs is 1. The lowest BCUT2D eigenvalue weighted by molar-refractivity contribution is 0.0954. The Balaban J connectivity index is 0.00000261. The molecule has 1 amide bonds. The van der Waals surface area contributed by atoms with Gasteiger partial charge in [0.25, 0.3) is 5.91 Å². The molecule has 0 unspecified atom stereocenters. The number of amides is 1. The normalized spacial score (nSPS) is 12.1. The van der Waals surface area contributed by atoms with Crippen molar-refractivity contribution in [3.63, 3.8) is 0 Å². The van der Waals surface area contributed by atoms with Crippen LogP contribution in [0.5, 0.6) is 11.5 Å². The summed E-state index contributed by atoms with van der Waals surface area (Å²) in [5.74, 6) is 2.02. The molecule has 1 aliphatic rings. The Labute approximate surface area is 174 Å². The highest BCUT2D eigenvalue weighted by Crippen LogP contribution is 2.32. The van der Waals surface area contributed by atoms with Crippen molar-refractivity contribution >= 4 is 35.8 Å². The second kappa shape index (κ2) is 10.6. The van der Waals surface area contributed by atoms with Crippen LogP contribution in [0.4, 0.5) is 0 Å². The molecule has 8 nitrogen and oxygen atoms in total. The Bertz CT molecular complexity index is 786. The average molecular weight is 483 g/mol. The molecule has 0 aliphatic carbocycles. The van der Waals surface area contributed by atoms with Crippen molar-refractivity contribution in [2.75, 3.05) is 26.9 Å². The maximum atomic E-state index is 11.9. The van der Waals surface area contributed by atoms with Crippen molar-refractivity contribution in [3.8, 4) is 11.5 Å². The fourth-order valence-corrected chi connectivity index (χ4v) is 2.41. The lowest BCUT2D eigenvalue weighted by atomic mass is 10.2. The third-order valence-corrected chi connectivity index (χ3v) is 3.75. The van der Waals surface area contributed by atoms with Gasteiger partial charge in [-0.2, -0.15) is 0 Å². The van der Waals surface area contributed by atoms with E-state index in [4.69, 9.17) is 9.47 Å². The van der Waals surface area contributed by atoms with Crippen LogP contribution >= 0.6 is 24.0 Å². The summed E-state index contributed by atoms with van der Waals surface area (Å²) in [6, 6.07) is 9.26. The number of nitrogens with one attached hydrogen (secondary N) is 3. The number of halogens is 1. The molecule has 0 saturated heterocycles. The van der Waals surface area contributed by atoms with Gasteiger partial charge in [0.05, 0.1) is 5.56 Å². The highest BCUT2D eigenvalue weighted by molar-refractivity contribution is 14.0. The molecule has 0 fully saturated rings. The average Bonchev–Trinajstić information content (AvgIpc) is 3.15. The first kappa shape index (κ1) is 20.7. The third kappa shape index (κ3) is 5.98. The number of hydrogen-bond acceptors (Lipinski definition) is 5. The van der Waals surface area contributed by atoms with E-state index in [-0.39, 0.29) is 36.7 Å². The molecule has 2 aromatic rings. The molecular formula is C18H22IN5O3. The quantitative estimate of drug-likeness (QED) is 0.250.